The number of fused-ring (bicyclic) bond motifs is 1. The molecule has 4 aliphatic rings. The molecule has 4 saturated heterocycles. The molecule has 2 aromatic carbocycles. The van der Waals surface area contributed by atoms with E-state index < -0.39 is 12.2 Å². The van der Waals surface area contributed by atoms with E-state index in [0.29, 0.717) is 19.0 Å². The average molecular weight is 707 g/mol. The van der Waals surface area contributed by atoms with E-state index in [1.807, 2.05) is 48.5 Å². The second kappa shape index (κ2) is 15.9. The molecule has 12 nitrogen and oxygen atoms in total. The molecule has 0 saturated carbocycles. The van der Waals surface area contributed by atoms with E-state index in [2.05, 4.69) is 28.2 Å². The lowest BCUT2D eigenvalue weighted by molar-refractivity contribution is -0.205. The summed E-state index contributed by atoms with van der Waals surface area (Å²) >= 11 is 0. The molecule has 4 fully saturated rings. The molecular weight excluding hydrogens is 656 g/mol. The van der Waals surface area contributed by atoms with Crippen LogP contribution in [0.15, 0.2) is 85.5 Å². The third kappa shape index (κ3) is 7.69. The Kier molecular flexibility index (Phi) is 10.9. The van der Waals surface area contributed by atoms with E-state index in [-0.39, 0.29) is 55.9 Å². The number of carbonyl (C=O) groups is 3. The Balaban J connectivity index is 1.12. The summed E-state index contributed by atoms with van der Waals surface area (Å²) in [6.07, 6.45) is 2.06. The highest BCUT2D eigenvalue weighted by Crippen LogP contribution is 2.31. The van der Waals surface area contributed by atoms with Gasteiger partial charge in [-0.3, -0.25) is 19.3 Å². The zero-order chi connectivity index (χ0) is 36.2. The van der Waals surface area contributed by atoms with Crippen LogP contribution in [0.25, 0.3) is 0 Å². The van der Waals surface area contributed by atoms with E-state index in [1.54, 1.807) is 50.2 Å². The molecule has 0 aliphatic carbocycles. The molecular formula is C40H50N8O4. The largest absolute Gasteiger partial charge is 0.508 e. The third-order valence-corrected chi connectivity index (χ3v) is 11.0. The number of amides is 3. The normalized spacial score (nSPS) is 22.0. The Hall–Kier alpha value is -4.78. The van der Waals surface area contributed by atoms with Crippen LogP contribution in [0.4, 0.5) is 5.82 Å². The maximum absolute atomic E-state index is 14.4. The monoisotopic (exact) mass is 706 g/mol. The van der Waals surface area contributed by atoms with Crippen molar-refractivity contribution in [2.75, 3.05) is 70.3 Å². The molecule has 0 spiro atoms. The molecule has 5 heterocycles. The van der Waals surface area contributed by atoms with E-state index in [4.69, 9.17) is 4.98 Å². The number of pyridine rings is 1. The van der Waals surface area contributed by atoms with Crippen molar-refractivity contribution in [1.29, 1.82) is 0 Å². The van der Waals surface area contributed by atoms with Gasteiger partial charge in [0.15, 0.2) is 0 Å². The van der Waals surface area contributed by atoms with Gasteiger partial charge in [-0.1, -0.05) is 61.5 Å². The number of phenolic OH excluding ortho intramolecular Hbond substituents is 1. The van der Waals surface area contributed by atoms with Crippen molar-refractivity contribution in [1.82, 2.24) is 34.6 Å². The lowest BCUT2D eigenvalue weighted by Gasteiger charge is -2.55. The van der Waals surface area contributed by atoms with Crippen LogP contribution in [-0.2, 0) is 33.8 Å². The Morgan fingerprint density at radius 1 is 0.923 bits per heavy atom. The van der Waals surface area contributed by atoms with Crippen LogP contribution in [0, 0.1) is 0 Å². The number of hydrogen-bond donors (Lipinski definition) is 1. The number of phenols is 1. The molecule has 0 bridgehead atoms. The number of nitrogens with zero attached hydrogens (tertiary/aromatic N) is 8. The van der Waals surface area contributed by atoms with Crippen molar-refractivity contribution < 1.29 is 19.5 Å². The molecule has 0 radical (unpaired) electrons. The fraction of sp³-hybridized carbons (Fsp3) is 0.450. The SMILES string of the molecule is C=CCN1CC(=O)N2[C@@H](Cc3ccc(O)cc3)C(=O)N(Cc3cccc(N4CC(N5CCN(CC)CC5)C4)n3)C[C@@H]2N1C(=O)CCc1ccccc1. The first-order valence-corrected chi connectivity index (χ1v) is 18.6. The van der Waals surface area contributed by atoms with Gasteiger partial charge in [0.25, 0.3) is 0 Å². The second-order valence-electron chi connectivity index (χ2n) is 14.3. The van der Waals surface area contributed by atoms with Crippen molar-refractivity contribution in [3.63, 3.8) is 0 Å². The summed E-state index contributed by atoms with van der Waals surface area (Å²) in [7, 11) is 0. The first kappa shape index (κ1) is 35.6. The summed E-state index contributed by atoms with van der Waals surface area (Å²) in [5.41, 5.74) is 2.62. The van der Waals surface area contributed by atoms with Crippen LogP contribution in [0.3, 0.4) is 0 Å². The molecule has 7 rings (SSSR count). The van der Waals surface area contributed by atoms with Gasteiger partial charge >= 0.3 is 0 Å². The number of aryl methyl sites for hydroxylation is 1. The Labute approximate surface area is 306 Å². The average Bonchev–Trinajstić information content (AvgIpc) is 3.13. The van der Waals surface area contributed by atoms with E-state index in [0.717, 1.165) is 68.5 Å². The Bertz CT molecular complexity index is 1720. The van der Waals surface area contributed by atoms with Gasteiger partial charge in [0.1, 0.15) is 23.8 Å². The van der Waals surface area contributed by atoms with Crippen LogP contribution >= 0.6 is 0 Å². The first-order chi connectivity index (χ1) is 25.3. The highest BCUT2D eigenvalue weighted by Gasteiger charge is 2.51. The van der Waals surface area contributed by atoms with Crippen molar-refractivity contribution in [3.05, 3.63) is 102 Å². The van der Waals surface area contributed by atoms with Crippen molar-refractivity contribution in [2.24, 2.45) is 0 Å². The quantitative estimate of drug-likeness (QED) is 0.285. The number of aromatic nitrogens is 1. The maximum atomic E-state index is 14.4. The van der Waals surface area contributed by atoms with Crippen LogP contribution in [-0.4, -0.2) is 141 Å². The van der Waals surface area contributed by atoms with Gasteiger partial charge in [-0.25, -0.2) is 15.0 Å². The zero-order valence-electron chi connectivity index (χ0n) is 30.1. The number of carbonyl (C=O) groups excluding carboxylic acids is 3. The standard InChI is InChI=1S/C40H50N8O4/c1-3-19-46-29-39(51)47-35(24-31-13-16-34(49)17-14-31)40(52)45(28-37(47)48(46)38(50)18-15-30-9-6-5-7-10-30)25-32-11-8-12-36(41-32)44-26-33(27-44)43-22-20-42(4-2)21-23-43/h3,5-14,16-17,33,35,37,49H,1,4,15,18-29H2,2H3/t35-,37-/m0/s1. The summed E-state index contributed by atoms with van der Waals surface area (Å²) in [5.74, 6) is 0.513. The van der Waals surface area contributed by atoms with E-state index in [9.17, 15) is 19.5 Å². The summed E-state index contributed by atoms with van der Waals surface area (Å²) in [5, 5.41) is 13.4. The van der Waals surface area contributed by atoms with E-state index in [1.165, 1.54) is 0 Å². The van der Waals surface area contributed by atoms with E-state index >= 15 is 0 Å². The van der Waals surface area contributed by atoms with Gasteiger partial charge in [0.05, 0.1) is 25.3 Å². The summed E-state index contributed by atoms with van der Waals surface area (Å²) in [6.45, 7) is 14.2. The fourth-order valence-electron chi connectivity index (χ4n) is 8.01. The first-order valence-electron chi connectivity index (χ1n) is 18.6. The molecule has 3 aromatic rings. The topological polar surface area (TPSA) is 107 Å². The lowest BCUT2D eigenvalue weighted by Crippen LogP contribution is -2.75. The number of piperazine rings is 2. The maximum Gasteiger partial charge on any atom is 0.246 e. The third-order valence-electron chi connectivity index (χ3n) is 11.0. The van der Waals surface area contributed by atoms with Crippen molar-refractivity contribution >= 4 is 23.5 Å². The van der Waals surface area contributed by atoms with Crippen molar-refractivity contribution in [3.8, 4) is 5.75 Å². The van der Waals surface area contributed by atoms with Gasteiger partial charge in [0.2, 0.25) is 17.7 Å². The number of likely N-dealkylation sites (N-methyl/N-ethyl adjacent to an activating group) is 1. The number of hydrogen-bond acceptors (Lipinski definition) is 9. The molecule has 1 aromatic heterocycles. The summed E-state index contributed by atoms with van der Waals surface area (Å²) < 4.78 is 0. The Morgan fingerprint density at radius 2 is 1.67 bits per heavy atom. The van der Waals surface area contributed by atoms with Gasteiger partial charge < -0.3 is 24.7 Å². The lowest BCUT2D eigenvalue weighted by atomic mass is 9.98. The summed E-state index contributed by atoms with van der Waals surface area (Å²) in [4.78, 5) is 58.3. The van der Waals surface area contributed by atoms with Gasteiger partial charge in [-0.05, 0) is 48.4 Å². The predicted molar refractivity (Wildman–Crippen MR) is 199 cm³/mol. The fourth-order valence-corrected chi connectivity index (χ4v) is 8.01. The van der Waals surface area contributed by atoms with Crippen LogP contribution in [0.5, 0.6) is 5.75 Å². The molecule has 2 atom stereocenters. The molecule has 3 amide bonds. The van der Waals surface area contributed by atoms with Crippen LogP contribution < -0.4 is 4.90 Å². The minimum atomic E-state index is -0.835. The molecule has 52 heavy (non-hydrogen) atoms. The number of benzene rings is 2. The molecule has 12 heteroatoms. The summed E-state index contributed by atoms with van der Waals surface area (Å²) in [6, 6.07) is 22.2. The number of rotatable bonds is 12. The van der Waals surface area contributed by atoms with Gasteiger partial charge in [0, 0.05) is 64.7 Å². The molecule has 4 aliphatic heterocycles. The number of anilines is 1. The Morgan fingerprint density at radius 3 is 2.38 bits per heavy atom. The van der Waals surface area contributed by atoms with Crippen molar-refractivity contribution in [2.45, 2.75) is 51.0 Å². The molecule has 1 N–H and O–H groups in total. The van der Waals surface area contributed by atoms with Crippen LogP contribution in [0.1, 0.15) is 30.2 Å². The second-order valence-corrected chi connectivity index (χ2v) is 14.3. The van der Waals surface area contributed by atoms with Crippen LogP contribution in [0.2, 0.25) is 0 Å². The van der Waals surface area contributed by atoms with Gasteiger partial charge in [-0.15, -0.1) is 6.58 Å². The zero-order valence-corrected chi connectivity index (χ0v) is 30.1. The number of aromatic hydroxyl groups is 1. The number of hydrazine groups is 1. The van der Waals surface area contributed by atoms with Gasteiger partial charge in [-0.2, -0.15) is 0 Å². The highest BCUT2D eigenvalue weighted by atomic mass is 16.3. The highest BCUT2D eigenvalue weighted by molar-refractivity contribution is 5.92. The minimum absolute atomic E-state index is 0.0341. The molecule has 274 valence electrons. The smallest absolute Gasteiger partial charge is 0.246 e. The minimum Gasteiger partial charge on any atom is -0.508 e. The predicted octanol–water partition coefficient (Wildman–Crippen LogP) is 2.60. The molecule has 0 unspecified atom stereocenters.